The van der Waals surface area contributed by atoms with Crippen LogP contribution in [0.15, 0.2) is 54.7 Å². The van der Waals surface area contributed by atoms with E-state index in [-0.39, 0.29) is 11.8 Å². The molecule has 1 unspecified atom stereocenters. The normalized spacial score (nSPS) is 12.3. The highest BCUT2D eigenvalue weighted by Crippen LogP contribution is 2.37. The lowest BCUT2D eigenvalue weighted by atomic mass is 9.87. The Bertz CT molecular complexity index is 901. The first-order valence-corrected chi connectivity index (χ1v) is 9.20. The van der Waals surface area contributed by atoms with Crippen LogP contribution in [-0.4, -0.2) is 50.1 Å². The number of ether oxygens (including phenoxy) is 1. The molecule has 0 aliphatic heterocycles. The van der Waals surface area contributed by atoms with Gasteiger partial charge in [-0.15, -0.1) is 0 Å². The van der Waals surface area contributed by atoms with E-state index < -0.39 is 0 Å². The molecule has 5 heteroatoms. The number of fused-ring (bicyclic) bond motifs is 1. The smallest absolute Gasteiger partial charge is 0.220 e. The van der Waals surface area contributed by atoms with Crippen molar-refractivity contribution in [2.75, 3.05) is 34.3 Å². The predicted molar refractivity (Wildman–Crippen MR) is 109 cm³/mol. The number of likely N-dealkylation sites (N-methyl/N-ethyl adjacent to an activating group) is 1. The van der Waals surface area contributed by atoms with Crippen LogP contribution >= 0.6 is 0 Å². The first kappa shape index (κ1) is 19.0. The molecule has 142 valence electrons. The molecule has 3 aromatic rings. The Morgan fingerprint density at radius 3 is 2.63 bits per heavy atom. The van der Waals surface area contributed by atoms with E-state index in [4.69, 9.17) is 4.74 Å². The largest absolute Gasteiger partial charge is 0.496 e. The zero-order valence-corrected chi connectivity index (χ0v) is 16.2. The molecule has 0 fully saturated rings. The Kier molecular flexibility index (Phi) is 6.14. The molecule has 2 N–H and O–H groups in total. The number of hydrogen-bond acceptors (Lipinski definition) is 3. The summed E-state index contributed by atoms with van der Waals surface area (Å²) in [5, 5.41) is 4.16. The third-order valence-electron chi connectivity index (χ3n) is 4.78. The molecule has 0 aliphatic carbocycles. The van der Waals surface area contributed by atoms with Crippen LogP contribution < -0.4 is 10.1 Å². The second-order valence-electron chi connectivity index (χ2n) is 6.94. The lowest BCUT2D eigenvalue weighted by Gasteiger charge is -2.20. The van der Waals surface area contributed by atoms with Crippen LogP contribution in [0.5, 0.6) is 5.75 Å². The Morgan fingerprint density at radius 2 is 1.85 bits per heavy atom. The van der Waals surface area contributed by atoms with Crippen LogP contribution in [0.1, 0.15) is 23.5 Å². The van der Waals surface area contributed by atoms with Crippen LogP contribution in [0, 0.1) is 0 Å². The van der Waals surface area contributed by atoms with Gasteiger partial charge in [0.1, 0.15) is 5.75 Å². The fourth-order valence-corrected chi connectivity index (χ4v) is 3.40. The van der Waals surface area contributed by atoms with Gasteiger partial charge in [-0.25, -0.2) is 0 Å². The van der Waals surface area contributed by atoms with Crippen molar-refractivity contribution in [1.29, 1.82) is 0 Å². The van der Waals surface area contributed by atoms with Crippen molar-refractivity contribution in [3.8, 4) is 5.75 Å². The summed E-state index contributed by atoms with van der Waals surface area (Å²) in [6.45, 7) is 1.45. The lowest BCUT2D eigenvalue weighted by molar-refractivity contribution is -0.121. The second kappa shape index (κ2) is 8.73. The molecular weight excluding hydrogens is 338 g/mol. The molecule has 0 saturated carbocycles. The minimum absolute atomic E-state index is 0.0398. The molecule has 0 aliphatic rings. The minimum atomic E-state index is -0.0864. The molecule has 3 rings (SSSR count). The van der Waals surface area contributed by atoms with Crippen LogP contribution in [0.2, 0.25) is 0 Å². The van der Waals surface area contributed by atoms with Crippen molar-refractivity contribution >= 4 is 16.8 Å². The molecule has 27 heavy (non-hydrogen) atoms. The number of hydrogen-bond donors (Lipinski definition) is 2. The molecule has 1 heterocycles. The average molecular weight is 365 g/mol. The monoisotopic (exact) mass is 365 g/mol. The van der Waals surface area contributed by atoms with Crippen molar-refractivity contribution in [2.24, 2.45) is 0 Å². The number of amides is 1. The number of nitrogens with zero attached hydrogens (tertiary/aromatic N) is 1. The van der Waals surface area contributed by atoms with Gasteiger partial charge >= 0.3 is 0 Å². The van der Waals surface area contributed by atoms with E-state index in [0.717, 1.165) is 34.3 Å². The molecule has 2 aromatic carbocycles. The summed E-state index contributed by atoms with van der Waals surface area (Å²) in [5.41, 5.74) is 3.20. The van der Waals surface area contributed by atoms with E-state index in [1.165, 1.54) is 0 Å². The van der Waals surface area contributed by atoms with Gasteiger partial charge in [0.2, 0.25) is 5.91 Å². The van der Waals surface area contributed by atoms with Gasteiger partial charge < -0.3 is 19.9 Å². The van der Waals surface area contributed by atoms with E-state index in [1.807, 2.05) is 56.7 Å². The van der Waals surface area contributed by atoms with Gasteiger partial charge in [0.15, 0.2) is 0 Å². The van der Waals surface area contributed by atoms with E-state index in [1.54, 1.807) is 7.11 Å². The fraction of sp³-hybridized carbons (Fsp3) is 0.318. The second-order valence-corrected chi connectivity index (χ2v) is 6.94. The molecule has 1 aromatic heterocycles. The highest BCUT2D eigenvalue weighted by molar-refractivity contribution is 5.86. The van der Waals surface area contributed by atoms with Crippen molar-refractivity contribution < 1.29 is 9.53 Å². The highest BCUT2D eigenvalue weighted by Gasteiger charge is 2.24. The van der Waals surface area contributed by atoms with Crippen LogP contribution in [0.4, 0.5) is 0 Å². The molecule has 0 radical (unpaired) electrons. The number of aromatic amines is 1. The van der Waals surface area contributed by atoms with Gasteiger partial charge in [0.25, 0.3) is 0 Å². The highest BCUT2D eigenvalue weighted by atomic mass is 16.5. The summed E-state index contributed by atoms with van der Waals surface area (Å²) in [5.74, 6) is 0.753. The summed E-state index contributed by atoms with van der Waals surface area (Å²) in [6.07, 6.45) is 2.38. The maximum absolute atomic E-state index is 12.7. The molecule has 1 atom stereocenters. The summed E-state index contributed by atoms with van der Waals surface area (Å²) < 4.78 is 5.58. The third-order valence-corrected chi connectivity index (χ3v) is 4.78. The Morgan fingerprint density at radius 1 is 1.11 bits per heavy atom. The molecule has 5 nitrogen and oxygen atoms in total. The first-order chi connectivity index (χ1) is 13.1. The number of methoxy groups -OCH3 is 1. The quantitative estimate of drug-likeness (QED) is 0.643. The number of aromatic nitrogens is 1. The Hall–Kier alpha value is -2.79. The number of nitrogens with one attached hydrogen (secondary N) is 2. The number of carbonyl (C=O) groups excluding carboxylic acids is 1. The minimum Gasteiger partial charge on any atom is -0.496 e. The lowest BCUT2D eigenvalue weighted by Crippen LogP contribution is -2.32. The van der Waals surface area contributed by atoms with Crippen LogP contribution in [0.3, 0.4) is 0 Å². The number of para-hydroxylation sites is 2. The summed E-state index contributed by atoms with van der Waals surface area (Å²) in [6, 6.07) is 16.1. The zero-order valence-electron chi connectivity index (χ0n) is 16.2. The summed E-state index contributed by atoms with van der Waals surface area (Å²) >= 11 is 0. The van der Waals surface area contributed by atoms with Gasteiger partial charge in [-0.1, -0.05) is 36.4 Å². The van der Waals surface area contributed by atoms with Gasteiger partial charge in [-0.2, -0.15) is 0 Å². The van der Waals surface area contributed by atoms with Gasteiger partial charge in [0.05, 0.1) is 7.11 Å². The summed E-state index contributed by atoms with van der Waals surface area (Å²) in [7, 11) is 5.66. The fourth-order valence-electron chi connectivity index (χ4n) is 3.40. The Labute approximate surface area is 160 Å². The standard InChI is InChI=1S/C22H27N3O2/c1-25(2)13-12-23-22(26)14-18(17-9-5-7-11-21(17)27-3)19-15-24-20-10-6-4-8-16(19)20/h4-11,15,18,24H,12-14H2,1-3H3,(H,23,26). The van der Waals surface area contributed by atoms with Gasteiger partial charge in [-0.3, -0.25) is 4.79 Å². The zero-order chi connectivity index (χ0) is 19.2. The molecule has 0 bridgehead atoms. The SMILES string of the molecule is COc1ccccc1C(CC(=O)NCCN(C)C)c1c[nH]c2ccccc12. The molecule has 1 amide bonds. The maximum atomic E-state index is 12.7. The van der Waals surface area contributed by atoms with Crippen molar-refractivity contribution in [3.05, 3.63) is 65.9 Å². The first-order valence-electron chi connectivity index (χ1n) is 9.20. The van der Waals surface area contributed by atoms with E-state index in [9.17, 15) is 4.79 Å². The Balaban J connectivity index is 1.93. The third kappa shape index (κ3) is 4.49. The number of carbonyl (C=O) groups is 1. The van der Waals surface area contributed by atoms with Crippen molar-refractivity contribution in [2.45, 2.75) is 12.3 Å². The average Bonchev–Trinajstić information content (AvgIpc) is 3.10. The van der Waals surface area contributed by atoms with Crippen LogP contribution in [0.25, 0.3) is 10.9 Å². The number of H-pyrrole nitrogens is 1. The summed E-state index contributed by atoms with van der Waals surface area (Å²) in [4.78, 5) is 18.0. The molecule has 0 spiro atoms. The van der Waals surface area contributed by atoms with Crippen molar-refractivity contribution in [1.82, 2.24) is 15.2 Å². The van der Waals surface area contributed by atoms with Gasteiger partial charge in [0, 0.05) is 48.1 Å². The number of benzene rings is 2. The van der Waals surface area contributed by atoms with Crippen molar-refractivity contribution in [3.63, 3.8) is 0 Å². The molecular formula is C22H27N3O2. The van der Waals surface area contributed by atoms with Crippen LogP contribution in [-0.2, 0) is 4.79 Å². The van der Waals surface area contributed by atoms with E-state index >= 15 is 0 Å². The number of rotatable bonds is 8. The van der Waals surface area contributed by atoms with Gasteiger partial charge in [-0.05, 0) is 31.8 Å². The topological polar surface area (TPSA) is 57.4 Å². The molecule has 0 saturated heterocycles. The van der Waals surface area contributed by atoms with E-state index in [2.05, 4.69) is 27.3 Å². The predicted octanol–water partition coefficient (Wildman–Crippen LogP) is 3.38. The van der Waals surface area contributed by atoms with E-state index in [0.29, 0.717) is 13.0 Å². The maximum Gasteiger partial charge on any atom is 0.220 e.